The summed E-state index contributed by atoms with van der Waals surface area (Å²) < 4.78 is 26.9. The quantitative estimate of drug-likeness (QED) is 0.425. The van der Waals surface area contributed by atoms with Gasteiger partial charge in [-0.25, -0.2) is 8.42 Å². The van der Waals surface area contributed by atoms with Gasteiger partial charge in [0.05, 0.1) is 11.9 Å². The Morgan fingerprint density at radius 2 is 1.77 bits per heavy atom. The number of rotatable bonds is 10. The van der Waals surface area contributed by atoms with E-state index in [-0.39, 0.29) is 37.7 Å². The summed E-state index contributed by atoms with van der Waals surface area (Å²) in [4.78, 5) is 27.7. The third kappa shape index (κ3) is 9.46. The van der Waals surface area contributed by atoms with E-state index in [0.717, 1.165) is 16.3 Å². The Hall–Kier alpha value is -2.10. The van der Waals surface area contributed by atoms with Crippen LogP contribution < -0.4 is 9.62 Å². The highest BCUT2D eigenvalue weighted by Crippen LogP contribution is 2.23. The van der Waals surface area contributed by atoms with Crippen molar-refractivity contribution in [3.05, 3.63) is 63.6 Å². The van der Waals surface area contributed by atoms with E-state index in [1.807, 2.05) is 45.0 Å². The Labute approximate surface area is 222 Å². The largest absolute Gasteiger partial charge is 0.350 e. The zero-order chi connectivity index (χ0) is 26.4. The lowest BCUT2D eigenvalue weighted by molar-refractivity contribution is -0.141. The van der Waals surface area contributed by atoms with Gasteiger partial charge in [-0.1, -0.05) is 45.7 Å². The number of amides is 2. The fraction of sp³-hybridized carbons (Fsp3) is 0.440. The van der Waals surface area contributed by atoms with Crippen molar-refractivity contribution in [3.8, 4) is 0 Å². The van der Waals surface area contributed by atoms with Gasteiger partial charge in [-0.05, 0) is 70.0 Å². The molecule has 192 valence electrons. The molecular weight excluding hydrogens is 554 g/mol. The first-order valence-corrected chi connectivity index (χ1v) is 14.3. The predicted molar refractivity (Wildman–Crippen MR) is 145 cm³/mol. The standard InChI is InChI=1S/C25H33BrClN3O4S/c1-18(24(32)28-25(2,3)4)29(17-19-9-6-10-20(26)15-19)23(31)13-8-14-30(35(5,33)34)22-12-7-11-21(27)16-22/h6-7,9-12,15-16,18H,8,13-14,17H2,1-5H3,(H,28,32)/t18-/m1/s1. The topological polar surface area (TPSA) is 86.8 Å². The lowest BCUT2D eigenvalue weighted by atomic mass is 10.1. The molecule has 0 aliphatic rings. The molecular formula is C25H33BrClN3O4S. The van der Waals surface area contributed by atoms with Crippen LogP contribution in [0.5, 0.6) is 0 Å². The minimum atomic E-state index is -3.58. The van der Waals surface area contributed by atoms with Crippen LogP contribution >= 0.6 is 27.5 Å². The Bertz CT molecular complexity index is 1150. The molecule has 1 N–H and O–H groups in total. The van der Waals surface area contributed by atoms with Crippen LogP contribution in [0.2, 0.25) is 5.02 Å². The van der Waals surface area contributed by atoms with Crippen LogP contribution in [0, 0.1) is 0 Å². The van der Waals surface area contributed by atoms with Crippen molar-refractivity contribution in [2.45, 2.75) is 58.7 Å². The van der Waals surface area contributed by atoms with Crippen LogP contribution in [0.15, 0.2) is 53.0 Å². The number of hydrogen-bond donors (Lipinski definition) is 1. The van der Waals surface area contributed by atoms with Gasteiger partial charge in [-0.15, -0.1) is 0 Å². The predicted octanol–water partition coefficient (Wildman–Crippen LogP) is 4.98. The summed E-state index contributed by atoms with van der Waals surface area (Å²) in [6.45, 7) is 7.71. The minimum Gasteiger partial charge on any atom is -0.350 e. The average molecular weight is 587 g/mol. The maximum Gasteiger partial charge on any atom is 0.242 e. The third-order valence-corrected chi connectivity index (χ3v) is 7.08. The summed E-state index contributed by atoms with van der Waals surface area (Å²) in [5, 5.41) is 3.35. The van der Waals surface area contributed by atoms with E-state index in [2.05, 4.69) is 21.2 Å². The summed E-state index contributed by atoms with van der Waals surface area (Å²) in [5.74, 6) is -0.487. The van der Waals surface area contributed by atoms with Gasteiger partial charge < -0.3 is 10.2 Å². The molecule has 2 aromatic rings. The monoisotopic (exact) mass is 585 g/mol. The van der Waals surface area contributed by atoms with Crippen molar-refractivity contribution in [1.82, 2.24) is 10.2 Å². The SMILES string of the molecule is C[C@H](C(=O)NC(C)(C)C)N(Cc1cccc(Br)c1)C(=O)CCCN(c1cccc(Cl)c1)S(C)(=O)=O. The van der Waals surface area contributed by atoms with Crippen molar-refractivity contribution < 1.29 is 18.0 Å². The molecule has 0 spiro atoms. The molecule has 0 fully saturated rings. The Kier molecular flexibility index (Phi) is 10.2. The van der Waals surface area contributed by atoms with Crippen LogP contribution in [-0.2, 0) is 26.2 Å². The number of nitrogens with zero attached hydrogens (tertiary/aromatic N) is 2. The maximum atomic E-state index is 13.3. The van der Waals surface area contributed by atoms with Crippen LogP contribution in [0.1, 0.15) is 46.1 Å². The van der Waals surface area contributed by atoms with Gasteiger partial charge in [-0.2, -0.15) is 0 Å². The minimum absolute atomic E-state index is 0.0771. The molecule has 0 saturated heterocycles. The first-order chi connectivity index (χ1) is 16.2. The summed E-state index contributed by atoms with van der Waals surface area (Å²) in [5.41, 5.74) is 0.874. The number of nitrogens with one attached hydrogen (secondary N) is 1. The number of carbonyl (C=O) groups is 2. The molecule has 2 rings (SSSR count). The number of halogens is 2. The first kappa shape index (κ1) is 29.1. The van der Waals surface area contributed by atoms with Crippen LogP contribution in [0.4, 0.5) is 5.69 Å². The summed E-state index contributed by atoms with van der Waals surface area (Å²) in [7, 11) is -3.58. The molecule has 0 heterocycles. The first-order valence-electron chi connectivity index (χ1n) is 11.3. The molecule has 0 aromatic heterocycles. The van der Waals surface area contributed by atoms with Crippen LogP contribution in [-0.4, -0.2) is 49.5 Å². The van der Waals surface area contributed by atoms with E-state index < -0.39 is 21.6 Å². The molecule has 0 aliphatic heterocycles. The molecule has 7 nitrogen and oxygen atoms in total. The maximum absolute atomic E-state index is 13.3. The molecule has 0 bridgehead atoms. The van der Waals surface area contributed by atoms with Crippen LogP contribution in [0.25, 0.3) is 0 Å². The second-order valence-electron chi connectivity index (χ2n) is 9.49. The van der Waals surface area contributed by atoms with Gasteiger partial charge in [0.2, 0.25) is 21.8 Å². The second-order valence-corrected chi connectivity index (χ2v) is 12.7. The molecule has 10 heteroatoms. The van der Waals surface area contributed by atoms with Crippen molar-refractivity contribution in [3.63, 3.8) is 0 Å². The molecule has 1 atom stereocenters. The highest BCUT2D eigenvalue weighted by molar-refractivity contribution is 9.10. The lowest BCUT2D eigenvalue weighted by Gasteiger charge is -2.32. The normalized spacial score (nSPS) is 12.7. The fourth-order valence-electron chi connectivity index (χ4n) is 3.52. The van der Waals surface area contributed by atoms with Gasteiger partial charge >= 0.3 is 0 Å². The van der Waals surface area contributed by atoms with Crippen molar-refractivity contribution in [1.29, 1.82) is 0 Å². The van der Waals surface area contributed by atoms with Crippen molar-refractivity contribution >= 4 is 55.1 Å². The highest BCUT2D eigenvalue weighted by atomic mass is 79.9. The summed E-state index contributed by atoms with van der Waals surface area (Å²) >= 11 is 9.48. The van der Waals surface area contributed by atoms with Gasteiger partial charge in [0.25, 0.3) is 0 Å². The zero-order valence-electron chi connectivity index (χ0n) is 20.7. The Balaban J connectivity index is 2.19. The molecule has 0 aliphatic carbocycles. The summed E-state index contributed by atoms with van der Waals surface area (Å²) in [6, 6.07) is 13.4. The van der Waals surface area contributed by atoms with Gasteiger partial charge in [0.1, 0.15) is 6.04 Å². The number of sulfonamides is 1. The number of hydrogen-bond acceptors (Lipinski definition) is 4. The van der Waals surface area contributed by atoms with E-state index in [4.69, 9.17) is 11.6 Å². The fourth-order valence-corrected chi connectivity index (χ4v) is 5.11. The van der Waals surface area contributed by atoms with Gasteiger partial charge in [0, 0.05) is 34.5 Å². The van der Waals surface area contributed by atoms with E-state index in [9.17, 15) is 18.0 Å². The Morgan fingerprint density at radius 1 is 1.11 bits per heavy atom. The number of carbonyl (C=O) groups excluding carboxylic acids is 2. The molecule has 0 unspecified atom stereocenters. The van der Waals surface area contributed by atoms with E-state index in [1.165, 1.54) is 9.21 Å². The smallest absolute Gasteiger partial charge is 0.242 e. The zero-order valence-corrected chi connectivity index (χ0v) is 23.9. The summed E-state index contributed by atoms with van der Waals surface area (Å²) in [6.07, 6.45) is 1.48. The van der Waals surface area contributed by atoms with E-state index in [0.29, 0.717) is 10.7 Å². The lowest BCUT2D eigenvalue weighted by Crippen LogP contribution is -2.52. The molecule has 0 radical (unpaired) electrons. The van der Waals surface area contributed by atoms with Crippen molar-refractivity contribution in [2.75, 3.05) is 17.1 Å². The molecule has 0 saturated carbocycles. The van der Waals surface area contributed by atoms with E-state index >= 15 is 0 Å². The van der Waals surface area contributed by atoms with Crippen molar-refractivity contribution in [2.24, 2.45) is 0 Å². The average Bonchev–Trinajstić information content (AvgIpc) is 2.72. The van der Waals surface area contributed by atoms with Gasteiger partial charge in [-0.3, -0.25) is 13.9 Å². The molecule has 35 heavy (non-hydrogen) atoms. The molecule has 2 aromatic carbocycles. The third-order valence-electron chi connectivity index (χ3n) is 5.16. The van der Waals surface area contributed by atoms with Gasteiger partial charge in [0.15, 0.2) is 0 Å². The molecule has 2 amide bonds. The van der Waals surface area contributed by atoms with E-state index in [1.54, 1.807) is 31.2 Å². The van der Waals surface area contributed by atoms with Crippen LogP contribution in [0.3, 0.4) is 0 Å². The highest BCUT2D eigenvalue weighted by Gasteiger charge is 2.28. The number of anilines is 1. The Morgan fingerprint density at radius 3 is 2.34 bits per heavy atom. The second kappa shape index (κ2) is 12.2. The number of benzene rings is 2.